The molecule has 0 unspecified atom stereocenters. The lowest BCUT2D eigenvalue weighted by molar-refractivity contribution is 0.203. The third-order valence-corrected chi connectivity index (χ3v) is 3.64. The number of rotatable bonds is 5. The van der Waals surface area contributed by atoms with Gasteiger partial charge in [0.25, 0.3) is 0 Å². The summed E-state index contributed by atoms with van der Waals surface area (Å²) in [5.74, 6) is 0.801. The predicted molar refractivity (Wildman–Crippen MR) is 84.7 cm³/mol. The lowest BCUT2D eigenvalue weighted by Crippen LogP contribution is -2.38. The van der Waals surface area contributed by atoms with Crippen LogP contribution in [0.5, 0.6) is 5.75 Å². The van der Waals surface area contributed by atoms with E-state index in [0.29, 0.717) is 6.54 Å². The molecule has 0 radical (unpaired) electrons. The maximum absolute atomic E-state index is 12.2. The first kappa shape index (κ1) is 15.9. The first-order valence-electron chi connectivity index (χ1n) is 7.15. The lowest BCUT2D eigenvalue weighted by atomic mass is 10.1. The zero-order valence-corrected chi connectivity index (χ0v) is 13.4. The molecule has 2 aromatic rings. The number of aryl methyl sites for hydroxylation is 1. The van der Waals surface area contributed by atoms with Crippen molar-refractivity contribution in [2.75, 3.05) is 14.2 Å². The van der Waals surface area contributed by atoms with Crippen molar-refractivity contribution < 1.29 is 9.53 Å². The number of methoxy groups -OCH3 is 1. The molecule has 1 atom stereocenters. The van der Waals surface area contributed by atoms with Gasteiger partial charge in [-0.25, -0.2) is 4.79 Å². The highest BCUT2D eigenvalue weighted by atomic mass is 16.5. The maximum Gasteiger partial charge on any atom is 0.317 e. The van der Waals surface area contributed by atoms with Gasteiger partial charge in [0.15, 0.2) is 0 Å². The Labute approximate surface area is 130 Å². The van der Waals surface area contributed by atoms with Gasteiger partial charge in [0.2, 0.25) is 0 Å². The van der Waals surface area contributed by atoms with Crippen molar-refractivity contribution in [3.63, 3.8) is 0 Å². The van der Waals surface area contributed by atoms with E-state index in [-0.39, 0.29) is 12.1 Å². The Balaban J connectivity index is 1.93. The van der Waals surface area contributed by atoms with Gasteiger partial charge in [0, 0.05) is 18.3 Å². The van der Waals surface area contributed by atoms with Crippen LogP contribution in [-0.4, -0.2) is 35.3 Å². The van der Waals surface area contributed by atoms with Crippen LogP contribution in [0.4, 0.5) is 4.79 Å². The normalized spacial score (nSPS) is 11.8. The van der Waals surface area contributed by atoms with Crippen molar-refractivity contribution in [3.05, 3.63) is 47.3 Å². The number of benzene rings is 1. The van der Waals surface area contributed by atoms with E-state index in [2.05, 4.69) is 15.5 Å². The lowest BCUT2D eigenvalue weighted by Gasteiger charge is -2.21. The third-order valence-electron chi connectivity index (χ3n) is 3.64. The summed E-state index contributed by atoms with van der Waals surface area (Å²) in [7, 11) is 3.40. The van der Waals surface area contributed by atoms with Crippen LogP contribution in [0.3, 0.4) is 0 Å². The van der Waals surface area contributed by atoms with Gasteiger partial charge in [0.05, 0.1) is 25.9 Å². The van der Waals surface area contributed by atoms with Crippen LogP contribution in [0.2, 0.25) is 0 Å². The second kappa shape index (κ2) is 6.98. The molecule has 0 spiro atoms. The van der Waals surface area contributed by atoms with E-state index in [1.807, 2.05) is 38.1 Å². The average Bonchev–Trinajstić information content (AvgIpc) is 2.92. The van der Waals surface area contributed by atoms with Crippen LogP contribution in [0.15, 0.2) is 30.5 Å². The number of ether oxygens (including phenoxy) is 1. The van der Waals surface area contributed by atoms with Gasteiger partial charge in [-0.3, -0.25) is 5.10 Å². The molecule has 22 heavy (non-hydrogen) atoms. The standard InChI is InChI=1S/C16H22N4O2/c1-11(13-5-7-15(22-4)8-6-13)18-16(21)20(3)10-14-9-17-19-12(14)2/h5-9,11H,10H2,1-4H3,(H,17,19)(H,18,21)/t11-/m1/s1. The second-order valence-corrected chi connectivity index (χ2v) is 5.32. The highest BCUT2D eigenvalue weighted by Crippen LogP contribution is 2.17. The van der Waals surface area contributed by atoms with Crippen molar-refractivity contribution in [3.8, 4) is 5.75 Å². The molecule has 2 amide bonds. The topological polar surface area (TPSA) is 70.2 Å². The molecule has 1 aromatic carbocycles. The summed E-state index contributed by atoms with van der Waals surface area (Å²) in [6.45, 7) is 4.41. The Kier molecular flexibility index (Phi) is 5.04. The van der Waals surface area contributed by atoms with Crippen LogP contribution >= 0.6 is 0 Å². The molecular weight excluding hydrogens is 280 g/mol. The van der Waals surface area contributed by atoms with Crippen molar-refractivity contribution in [2.24, 2.45) is 0 Å². The molecule has 6 nitrogen and oxygen atoms in total. The van der Waals surface area contributed by atoms with Crippen LogP contribution < -0.4 is 10.1 Å². The number of aromatic amines is 1. The van der Waals surface area contributed by atoms with Crippen LogP contribution in [0.1, 0.15) is 29.8 Å². The molecule has 2 rings (SSSR count). The first-order valence-corrected chi connectivity index (χ1v) is 7.15. The van der Waals surface area contributed by atoms with Gasteiger partial charge in [-0.05, 0) is 31.5 Å². The van der Waals surface area contributed by atoms with E-state index in [0.717, 1.165) is 22.6 Å². The summed E-state index contributed by atoms with van der Waals surface area (Å²) in [5.41, 5.74) is 3.01. The fourth-order valence-corrected chi connectivity index (χ4v) is 2.13. The number of carbonyl (C=O) groups is 1. The Morgan fingerprint density at radius 1 is 1.41 bits per heavy atom. The number of H-pyrrole nitrogens is 1. The minimum Gasteiger partial charge on any atom is -0.497 e. The van der Waals surface area contributed by atoms with Gasteiger partial charge in [0.1, 0.15) is 5.75 Å². The molecule has 0 aliphatic rings. The van der Waals surface area contributed by atoms with Crippen molar-refractivity contribution in [1.29, 1.82) is 0 Å². The molecule has 6 heteroatoms. The Bertz CT molecular complexity index is 621. The minimum absolute atomic E-state index is 0.0775. The summed E-state index contributed by atoms with van der Waals surface area (Å²) in [6.07, 6.45) is 1.74. The zero-order valence-electron chi connectivity index (χ0n) is 13.4. The Morgan fingerprint density at radius 3 is 2.64 bits per heavy atom. The van der Waals surface area contributed by atoms with Gasteiger partial charge in [-0.15, -0.1) is 0 Å². The van der Waals surface area contributed by atoms with E-state index in [9.17, 15) is 4.79 Å². The minimum atomic E-state index is -0.121. The third kappa shape index (κ3) is 3.78. The van der Waals surface area contributed by atoms with Gasteiger partial charge >= 0.3 is 6.03 Å². The summed E-state index contributed by atoms with van der Waals surface area (Å²) in [6, 6.07) is 7.47. The number of hydrogen-bond donors (Lipinski definition) is 2. The van der Waals surface area contributed by atoms with Crippen LogP contribution in [0, 0.1) is 6.92 Å². The van der Waals surface area contributed by atoms with E-state index in [1.165, 1.54) is 0 Å². The maximum atomic E-state index is 12.2. The van der Waals surface area contributed by atoms with Crippen LogP contribution in [-0.2, 0) is 6.54 Å². The largest absolute Gasteiger partial charge is 0.497 e. The SMILES string of the molecule is COc1ccc([C@@H](C)NC(=O)N(C)Cc2cn[nH]c2C)cc1. The Hall–Kier alpha value is -2.50. The van der Waals surface area contributed by atoms with E-state index in [1.54, 1.807) is 25.3 Å². The molecular formula is C16H22N4O2. The summed E-state index contributed by atoms with van der Waals surface area (Å²) in [5, 5.41) is 9.81. The molecule has 1 aromatic heterocycles. The van der Waals surface area contributed by atoms with Crippen molar-refractivity contribution >= 4 is 6.03 Å². The molecule has 0 fully saturated rings. The Morgan fingerprint density at radius 2 is 2.09 bits per heavy atom. The molecule has 0 aliphatic heterocycles. The number of nitrogens with one attached hydrogen (secondary N) is 2. The first-order chi connectivity index (χ1) is 10.5. The van der Waals surface area contributed by atoms with Crippen molar-refractivity contribution in [2.45, 2.75) is 26.4 Å². The van der Waals surface area contributed by atoms with E-state index >= 15 is 0 Å². The summed E-state index contributed by atoms with van der Waals surface area (Å²) in [4.78, 5) is 13.9. The molecule has 0 saturated heterocycles. The number of urea groups is 1. The van der Waals surface area contributed by atoms with Crippen LogP contribution in [0.25, 0.3) is 0 Å². The zero-order chi connectivity index (χ0) is 16.1. The van der Waals surface area contributed by atoms with Gasteiger partial charge < -0.3 is 15.0 Å². The molecule has 2 N–H and O–H groups in total. The smallest absolute Gasteiger partial charge is 0.317 e. The number of amides is 2. The fourth-order valence-electron chi connectivity index (χ4n) is 2.13. The number of nitrogens with zero attached hydrogens (tertiary/aromatic N) is 2. The quantitative estimate of drug-likeness (QED) is 0.892. The molecule has 0 aliphatic carbocycles. The second-order valence-electron chi connectivity index (χ2n) is 5.32. The summed E-state index contributed by atoms with van der Waals surface area (Å²) >= 11 is 0. The van der Waals surface area contributed by atoms with E-state index in [4.69, 9.17) is 4.74 Å². The molecule has 0 saturated carbocycles. The van der Waals surface area contributed by atoms with Gasteiger partial charge in [-0.1, -0.05) is 12.1 Å². The number of hydrogen-bond acceptors (Lipinski definition) is 3. The monoisotopic (exact) mass is 302 g/mol. The fraction of sp³-hybridized carbons (Fsp3) is 0.375. The number of carbonyl (C=O) groups excluding carboxylic acids is 1. The molecule has 0 bridgehead atoms. The predicted octanol–water partition coefficient (Wildman–Crippen LogP) is 2.63. The molecule has 1 heterocycles. The number of aromatic nitrogens is 2. The summed E-state index contributed by atoms with van der Waals surface area (Å²) < 4.78 is 5.13. The van der Waals surface area contributed by atoms with Crippen molar-refractivity contribution in [1.82, 2.24) is 20.4 Å². The van der Waals surface area contributed by atoms with Gasteiger partial charge in [-0.2, -0.15) is 5.10 Å². The highest BCUT2D eigenvalue weighted by Gasteiger charge is 2.15. The highest BCUT2D eigenvalue weighted by molar-refractivity contribution is 5.74. The van der Waals surface area contributed by atoms with E-state index < -0.39 is 0 Å². The molecule has 118 valence electrons. The average molecular weight is 302 g/mol.